The van der Waals surface area contributed by atoms with Crippen LogP contribution < -0.4 is 0 Å². The van der Waals surface area contributed by atoms with Gasteiger partial charge in [0.1, 0.15) is 17.3 Å². The molecular formula is C18H11F2NO2. The van der Waals surface area contributed by atoms with Crippen LogP contribution in [-0.2, 0) is 0 Å². The SMILES string of the molecule is O=C(O)c1ccc(-c2ccc(F)cc2)c(-c2ccc(F)cc2)n1. The van der Waals surface area contributed by atoms with E-state index in [-0.39, 0.29) is 11.5 Å². The van der Waals surface area contributed by atoms with Crippen LogP contribution in [0, 0.1) is 11.6 Å². The van der Waals surface area contributed by atoms with Gasteiger partial charge < -0.3 is 5.11 Å². The molecule has 0 atom stereocenters. The van der Waals surface area contributed by atoms with Gasteiger partial charge in [0.25, 0.3) is 0 Å². The van der Waals surface area contributed by atoms with Gasteiger partial charge in [-0.3, -0.25) is 0 Å². The van der Waals surface area contributed by atoms with Gasteiger partial charge in [-0.1, -0.05) is 12.1 Å². The van der Waals surface area contributed by atoms with Gasteiger partial charge >= 0.3 is 5.97 Å². The summed E-state index contributed by atoms with van der Waals surface area (Å²) in [6.45, 7) is 0. The first kappa shape index (κ1) is 14.8. The molecule has 1 heterocycles. The summed E-state index contributed by atoms with van der Waals surface area (Å²) in [6, 6.07) is 14.4. The minimum Gasteiger partial charge on any atom is -0.477 e. The van der Waals surface area contributed by atoms with Gasteiger partial charge in [-0.15, -0.1) is 0 Å². The van der Waals surface area contributed by atoms with Gasteiger partial charge in [-0.2, -0.15) is 0 Å². The van der Waals surface area contributed by atoms with Gasteiger partial charge in [0.15, 0.2) is 0 Å². The fourth-order valence-electron chi connectivity index (χ4n) is 2.27. The summed E-state index contributed by atoms with van der Waals surface area (Å²) in [4.78, 5) is 15.3. The Hall–Kier alpha value is -3.08. The van der Waals surface area contributed by atoms with Crippen LogP contribution in [0.4, 0.5) is 8.78 Å². The Morgan fingerprint density at radius 2 is 1.30 bits per heavy atom. The summed E-state index contributed by atoms with van der Waals surface area (Å²) < 4.78 is 26.2. The van der Waals surface area contributed by atoms with Crippen LogP contribution in [0.25, 0.3) is 22.4 Å². The maximum atomic E-state index is 13.1. The van der Waals surface area contributed by atoms with Gasteiger partial charge in [-0.25, -0.2) is 18.6 Å². The molecule has 0 unspecified atom stereocenters. The minimum absolute atomic E-state index is 0.116. The predicted octanol–water partition coefficient (Wildman–Crippen LogP) is 4.39. The summed E-state index contributed by atoms with van der Waals surface area (Å²) in [5.41, 5.74) is 2.19. The van der Waals surface area contributed by atoms with Crippen molar-refractivity contribution in [1.29, 1.82) is 0 Å². The number of hydrogen-bond donors (Lipinski definition) is 1. The summed E-state index contributed by atoms with van der Waals surface area (Å²) in [7, 11) is 0. The molecule has 114 valence electrons. The fourth-order valence-corrected chi connectivity index (χ4v) is 2.27. The highest BCUT2D eigenvalue weighted by molar-refractivity contribution is 5.89. The molecule has 3 nitrogen and oxygen atoms in total. The van der Waals surface area contributed by atoms with E-state index in [9.17, 15) is 13.6 Å². The number of pyridine rings is 1. The molecule has 0 fully saturated rings. The Bertz CT molecular complexity index is 859. The highest BCUT2D eigenvalue weighted by atomic mass is 19.1. The molecule has 1 aromatic heterocycles. The number of carboxylic acids is 1. The molecule has 3 rings (SSSR count). The maximum absolute atomic E-state index is 13.1. The van der Waals surface area contributed by atoms with Crippen LogP contribution in [0.3, 0.4) is 0 Å². The lowest BCUT2D eigenvalue weighted by Crippen LogP contribution is -2.02. The van der Waals surface area contributed by atoms with Crippen molar-refractivity contribution >= 4 is 5.97 Å². The zero-order chi connectivity index (χ0) is 16.4. The van der Waals surface area contributed by atoms with Crippen LogP contribution in [0.5, 0.6) is 0 Å². The maximum Gasteiger partial charge on any atom is 0.354 e. The molecule has 0 aliphatic heterocycles. The molecule has 23 heavy (non-hydrogen) atoms. The number of aromatic carboxylic acids is 1. The zero-order valence-electron chi connectivity index (χ0n) is 11.8. The quantitative estimate of drug-likeness (QED) is 0.780. The zero-order valence-corrected chi connectivity index (χ0v) is 11.8. The molecule has 0 radical (unpaired) electrons. The molecule has 5 heteroatoms. The van der Waals surface area contributed by atoms with Crippen molar-refractivity contribution in [1.82, 2.24) is 4.98 Å². The standard InChI is InChI=1S/C18H11F2NO2/c19-13-5-1-11(2-6-13)15-9-10-16(18(22)23)21-17(15)12-3-7-14(20)8-4-12/h1-10H,(H,22,23). The molecule has 0 aliphatic rings. The molecular weight excluding hydrogens is 300 g/mol. The van der Waals surface area contributed by atoms with Crippen LogP contribution >= 0.6 is 0 Å². The Morgan fingerprint density at radius 3 is 1.83 bits per heavy atom. The van der Waals surface area contributed by atoms with Gasteiger partial charge in [0.2, 0.25) is 0 Å². The van der Waals surface area contributed by atoms with Gasteiger partial charge in [0, 0.05) is 11.1 Å². The van der Waals surface area contributed by atoms with Crippen molar-refractivity contribution in [2.75, 3.05) is 0 Å². The molecule has 0 saturated heterocycles. The van der Waals surface area contributed by atoms with Crippen LogP contribution in [0.15, 0.2) is 60.7 Å². The number of halogens is 2. The molecule has 3 aromatic rings. The topological polar surface area (TPSA) is 50.2 Å². The van der Waals surface area contributed by atoms with E-state index >= 15 is 0 Å². The van der Waals surface area contributed by atoms with E-state index in [1.165, 1.54) is 42.5 Å². The average molecular weight is 311 g/mol. The lowest BCUT2D eigenvalue weighted by Gasteiger charge is -2.10. The lowest BCUT2D eigenvalue weighted by molar-refractivity contribution is 0.0690. The van der Waals surface area contributed by atoms with E-state index in [1.54, 1.807) is 18.2 Å². The number of rotatable bonds is 3. The average Bonchev–Trinajstić information content (AvgIpc) is 2.56. The highest BCUT2D eigenvalue weighted by Crippen LogP contribution is 2.31. The van der Waals surface area contributed by atoms with Crippen molar-refractivity contribution in [3.05, 3.63) is 78.0 Å². The lowest BCUT2D eigenvalue weighted by atomic mass is 9.99. The normalized spacial score (nSPS) is 10.5. The Labute approximate surface area is 130 Å². The van der Waals surface area contributed by atoms with Crippen molar-refractivity contribution in [3.63, 3.8) is 0 Å². The molecule has 0 aliphatic carbocycles. The molecule has 0 saturated carbocycles. The first-order chi connectivity index (χ1) is 11.0. The van der Waals surface area contributed by atoms with Crippen molar-refractivity contribution < 1.29 is 18.7 Å². The largest absolute Gasteiger partial charge is 0.477 e. The number of hydrogen-bond acceptors (Lipinski definition) is 2. The molecule has 0 amide bonds. The summed E-state index contributed by atoms with van der Waals surface area (Å²) in [5.74, 6) is -1.92. The van der Waals surface area contributed by atoms with E-state index in [4.69, 9.17) is 5.11 Å². The second-order valence-corrected chi connectivity index (χ2v) is 4.91. The Kier molecular flexibility index (Phi) is 3.85. The third-order valence-corrected chi connectivity index (χ3v) is 3.39. The number of benzene rings is 2. The van der Waals surface area contributed by atoms with Crippen molar-refractivity contribution in [2.24, 2.45) is 0 Å². The van der Waals surface area contributed by atoms with E-state index in [0.29, 0.717) is 22.4 Å². The third-order valence-electron chi connectivity index (χ3n) is 3.39. The van der Waals surface area contributed by atoms with E-state index in [1.807, 2.05) is 0 Å². The Morgan fingerprint density at radius 1 is 0.783 bits per heavy atom. The second-order valence-electron chi connectivity index (χ2n) is 4.91. The van der Waals surface area contributed by atoms with Crippen LogP contribution in [0.1, 0.15) is 10.5 Å². The van der Waals surface area contributed by atoms with E-state index in [2.05, 4.69) is 4.98 Å². The number of aromatic nitrogens is 1. The minimum atomic E-state index is -1.15. The monoisotopic (exact) mass is 311 g/mol. The summed E-state index contributed by atoms with van der Waals surface area (Å²) >= 11 is 0. The summed E-state index contributed by atoms with van der Waals surface area (Å²) in [6.07, 6.45) is 0. The molecule has 2 aromatic carbocycles. The van der Waals surface area contributed by atoms with Crippen LogP contribution in [-0.4, -0.2) is 16.1 Å². The second kappa shape index (κ2) is 5.96. The van der Waals surface area contributed by atoms with Crippen LogP contribution in [0.2, 0.25) is 0 Å². The van der Waals surface area contributed by atoms with Gasteiger partial charge in [0.05, 0.1) is 5.69 Å². The van der Waals surface area contributed by atoms with E-state index < -0.39 is 11.8 Å². The molecule has 0 spiro atoms. The van der Waals surface area contributed by atoms with Crippen molar-refractivity contribution in [3.8, 4) is 22.4 Å². The first-order valence-corrected chi connectivity index (χ1v) is 6.81. The first-order valence-electron chi connectivity index (χ1n) is 6.81. The smallest absolute Gasteiger partial charge is 0.354 e. The predicted molar refractivity (Wildman–Crippen MR) is 82.0 cm³/mol. The fraction of sp³-hybridized carbons (Fsp3) is 0. The number of carbonyl (C=O) groups is 1. The number of carboxylic acid groups (broad SMARTS) is 1. The Balaban J connectivity index is 2.20. The van der Waals surface area contributed by atoms with Crippen molar-refractivity contribution in [2.45, 2.75) is 0 Å². The van der Waals surface area contributed by atoms with E-state index in [0.717, 1.165) is 0 Å². The third kappa shape index (κ3) is 3.08. The highest BCUT2D eigenvalue weighted by Gasteiger charge is 2.14. The van der Waals surface area contributed by atoms with Gasteiger partial charge in [-0.05, 0) is 54.1 Å². The number of nitrogens with zero attached hydrogens (tertiary/aromatic N) is 1. The molecule has 0 bridgehead atoms. The molecule has 1 N–H and O–H groups in total. The summed E-state index contributed by atoms with van der Waals surface area (Å²) in [5, 5.41) is 9.13.